The van der Waals surface area contributed by atoms with Crippen LogP contribution in [-0.4, -0.2) is 17.7 Å². The minimum atomic E-state index is -0.734. The Balaban J connectivity index is 2.22. The van der Waals surface area contributed by atoms with Crippen LogP contribution in [0.25, 0.3) is 0 Å². The number of unbranched alkanes of at least 4 members (excludes halogenated alkanes) is 1. The molecule has 0 aliphatic carbocycles. The lowest BCUT2D eigenvalue weighted by molar-refractivity contribution is -0.147. The Hall–Kier alpha value is -1.51. The zero-order valence-corrected chi connectivity index (χ0v) is 11.4. The van der Waals surface area contributed by atoms with Gasteiger partial charge in [-0.3, -0.25) is 4.79 Å². The molecular formula is C15H22O3. The van der Waals surface area contributed by atoms with Gasteiger partial charge < -0.3 is 9.84 Å². The van der Waals surface area contributed by atoms with E-state index >= 15 is 0 Å². The molecular weight excluding hydrogens is 228 g/mol. The van der Waals surface area contributed by atoms with Gasteiger partial charge in [0.1, 0.15) is 5.75 Å². The summed E-state index contributed by atoms with van der Waals surface area (Å²) in [5.41, 5.74) is 0.545. The zero-order valence-electron chi connectivity index (χ0n) is 11.4. The average Bonchev–Trinajstić information content (AvgIpc) is 2.28. The molecule has 0 spiro atoms. The summed E-state index contributed by atoms with van der Waals surface area (Å²) in [5, 5.41) is 8.98. The van der Waals surface area contributed by atoms with E-state index in [2.05, 4.69) is 0 Å². The molecule has 0 aromatic heterocycles. The van der Waals surface area contributed by atoms with Gasteiger partial charge in [0.05, 0.1) is 12.0 Å². The van der Waals surface area contributed by atoms with E-state index in [-0.39, 0.29) is 0 Å². The van der Waals surface area contributed by atoms with Gasteiger partial charge in [0.2, 0.25) is 0 Å². The highest BCUT2D eigenvalue weighted by Gasteiger charge is 2.25. The van der Waals surface area contributed by atoms with Crippen LogP contribution in [0.15, 0.2) is 24.3 Å². The molecule has 1 N–H and O–H groups in total. The van der Waals surface area contributed by atoms with Gasteiger partial charge >= 0.3 is 5.97 Å². The number of benzene rings is 1. The average molecular weight is 250 g/mol. The largest absolute Gasteiger partial charge is 0.494 e. The van der Waals surface area contributed by atoms with Gasteiger partial charge in [0.25, 0.3) is 0 Å². The minimum absolute atomic E-state index is 0.636. The van der Waals surface area contributed by atoms with Crippen LogP contribution < -0.4 is 4.74 Å². The lowest BCUT2D eigenvalue weighted by atomic mass is 9.87. The van der Waals surface area contributed by atoms with E-state index in [1.807, 2.05) is 31.2 Å². The van der Waals surface area contributed by atoms with Crippen LogP contribution in [0.3, 0.4) is 0 Å². The fourth-order valence-corrected chi connectivity index (χ4v) is 1.67. The number of rotatable bonds is 7. The van der Waals surface area contributed by atoms with Crippen LogP contribution in [0.1, 0.15) is 38.7 Å². The molecule has 1 aromatic rings. The number of carboxylic acids is 1. The summed E-state index contributed by atoms with van der Waals surface area (Å²) in [7, 11) is 0. The van der Waals surface area contributed by atoms with Gasteiger partial charge in [-0.25, -0.2) is 0 Å². The summed E-state index contributed by atoms with van der Waals surface area (Å²) >= 11 is 0. The summed E-state index contributed by atoms with van der Waals surface area (Å²) < 4.78 is 5.61. The van der Waals surface area contributed by atoms with E-state index in [9.17, 15) is 4.79 Å². The normalized spacial score (nSPS) is 11.3. The monoisotopic (exact) mass is 250 g/mol. The number of hydrogen-bond acceptors (Lipinski definition) is 2. The number of carbonyl (C=O) groups is 1. The van der Waals surface area contributed by atoms with Crippen molar-refractivity contribution in [1.82, 2.24) is 0 Å². The molecule has 0 unspecified atom stereocenters. The summed E-state index contributed by atoms with van der Waals surface area (Å²) in [6.45, 7) is 6.19. The smallest absolute Gasteiger partial charge is 0.309 e. The van der Waals surface area contributed by atoms with Gasteiger partial charge in [-0.2, -0.15) is 0 Å². The number of carboxylic acid groups (broad SMARTS) is 1. The van der Waals surface area contributed by atoms with E-state index in [1.54, 1.807) is 13.8 Å². The lowest BCUT2D eigenvalue weighted by Gasteiger charge is -2.18. The number of aryl methyl sites for hydroxylation is 1. The summed E-state index contributed by atoms with van der Waals surface area (Å²) in [6, 6.07) is 7.94. The van der Waals surface area contributed by atoms with Crippen molar-refractivity contribution >= 4 is 5.97 Å². The molecule has 0 saturated carbocycles. The molecule has 1 aromatic carbocycles. The van der Waals surface area contributed by atoms with E-state index < -0.39 is 11.4 Å². The van der Waals surface area contributed by atoms with Crippen LogP contribution in [0.2, 0.25) is 0 Å². The summed E-state index contributed by atoms with van der Waals surface area (Å²) in [6.07, 6.45) is 2.43. The Bertz CT molecular complexity index is 396. The maximum Gasteiger partial charge on any atom is 0.309 e. The van der Waals surface area contributed by atoms with Crippen molar-refractivity contribution in [3.05, 3.63) is 29.8 Å². The Kier molecular flexibility index (Phi) is 5.20. The SMILES string of the molecule is Cc1cccc(OCCCCC(C)(C)C(=O)O)c1. The highest BCUT2D eigenvalue weighted by molar-refractivity contribution is 5.73. The maximum absolute atomic E-state index is 10.9. The fourth-order valence-electron chi connectivity index (χ4n) is 1.67. The first-order valence-corrected chi connectivity index (χ1v) is 6.35. The highest BCUT2D eigenvalue weighted by Crippen LogP contribution is 2.23. The molecule has 0 saturated heterocycles. The molecule has 1 rings (SSSR count). The standard InChI is InChI=1S/C15H22O3/c1-12-7-6-8-13(11-12)18-10-5-4-9-15(2,3)14(16)17/h6-8,11H,4-5,9-10H2,1-3H3,(H,16,17). The molecule has 0 aliphatic heterocycles. The van der Waals surface area contributed by atoms with Gasteiger partial charge in [0.15, 0.2) is 0 Å². The highest BCUT2D eigenvalue weighted by atomic mass is 16.5. The molecule has 0 atom stereocenters. The lowest BCUT2D eigenvalue weighted by Crippen LogP contribution is -2.23. The number of hydrogen-bond donors (Lipinski definition) is 1. The van der Waals surface area contributed by atoms with E-state index in [4.69, 9.17) is 9.84 Å². The van der Waals surface area contributed by atoms with Crippen LogP contribution in [-0.2, 0) is 4.79 Å². The second-order valence-corrected chi connectivity index (χ2v) is 5.31. The third-order valence-electron chi connectivity index (χ3n) is 3.03. The second-order valence-electron chi connectivity index (χ2n) is 5.31. The fraction of sp³-hybridized carbons (Fsp3) is 0.533. The van der Waals surface area contributed by atoms with Crippen molar-refractivity contribution in [1.29, 1.82) is 0 Å². The first kappa shape index (κ1) is 14.6. The molecule has 0 aliphatic rings. The molecule has 100 valence electrons. The van der Waals surface area contributed by atoms with Crippen LogP contribution in [0, 0.1) is 12.3 Å². The Morgan fingerprint density at radius 1 is 1.33 bits per heavy atom. The number of ether oxygens (including phenoxy) is 1. The van der Waals surface area contributed by atoms with E-state index in [1.165, 1.54) is 5.56 Å². The van der Waals surface area contributed by atoms with Gasteiger partial charge in [-0.05, 0) is 57.7 Å². The van der Waals surface area contributed by atoms with Crippen LogP contribution in [0.5, 0.6) is 5.75 Å². The molecule has 0 radical (unpaired) electrons. The molecule has 3 nitrogen and oxygen atoms in total. The van der Waals surface area contributed by atoms with E-state index in [0.29, 0.717) is 13.0 Å². The molecule has 0 heterocycles. The molecule has 0 amide bonds. The Morgan fingerprint density at radius 2 is 2.06 bits per heavy atom. The minimum Gasteiger partial charge on any atom is -0.494 e. The maximum atomic E-state index is 10.9. The van der Waals surface area contributed by atoms with Crippen LogP contribution in [0.4, 0.5) is 0 Å². The van der Waals surface area contributed by atoms with Gasteiger partial charge in [0, 0.05) is 0 Å². The van der Waals surface area contributed by atoms with Gasteiger partial charge in [-0.15, -0.1) is 0 Å². The third kappa shape index (κ3) is 4.78. The van der Waals surface area contributed by atoms with Crippen molar-refractivity contribution in [3.8, 4) is 5.75 Å². The molecule has 3 heteroatoms. The first-order chi connectivity index (χ1) is 8.42. The summed E-state index contributed by atoms with van der Waals surface area (Å²) in [5.74, 6) is 0.148. The summed E-state index contributed by atoms with van der Waals surface area (Å²) in [4.78, 5) is 10.9. The topological polar surface area (TPSA) is 46.5 Å². The third-order valence-corrected chi connectivity index (χ3v) is 3.03. The molecule has 0 fully saturated rings. The van der Waals surface area contributed by atoms with Crippen molar-refractivity contribution in [2.45, 2.75) is 40.0 Å². The molecule has 0 bridgehead atoms. The van der Waals surface area contributed by atoms with Crippen molar-refractivity contribution < 1.29 is 14.6 Å². The van der Waals surface area contributed by atoms with Crippen molar-refractivity contribution in [3.63, 3.8) is 0 Å². The molecule has 18 heavy (non-hydrogen) atoms. The van der Waals surface area contributed by atoms with Gasteiger partial charge in [-0.1, -0.05) is 12.1 Å². The zero-order chi connectivity index (χ0) is 13.6. The Morgan fingerprint density at radius 3 is 2.67 bits per heavy atom. The second kappa shape index (κ2) is 6.43. The predicted molar refractivity (Wildman–Crippen MR) is 71.9 cm³/mol. The van der Waals surface area contributed by atoms with Crippen molar-refractivity contribution in [2.24, 2.45) is 5.41 Å². The van der Waals surface area contributed by atoms with E-state index in [0.717, 1.165) is 18.6 Å². The quantitative estimate of drug-likeness (QED) is 0.751. The van der Waals surface area contributed by atoms with Crippen molar-refractivity contribution in [2.75, 3.05) is 6.61 Å². The Labute approximate surface area is 109 Å². The van der Waals surface area contributed by atoms with Crippen LogP contribution >= 0.6 is 0 Å². The predicted octanol–water partition coefficient (Wildman–Crippen LogP) is 3.65. The number of aliphatic carboxylic acids is 1. The first-order valence-electron chi connectivity index (χ1n) is 6.35.